The summed E-state index contributed by atoms with van der Waals surface area (Å²) in [5.74, 6) is -1.20. The van der Waals surface area contributed by atoms with E-state index < -0.39 is 41.3 Å². The van der Waals surface area contributed by atoms with Crippen LogP contribution >= 0.6 is 0 Å². The van der Waals surface area contributed by atoms with Gasteiger partial charge in [0.1, 0.15) is 11.6 Å². The van der Waals surface area contributed by atoms with Gasteiger partial charge >= 0.3 is 12.1 Å². The molecule has 8 nitrogen and oxygen atoms in total. The van der Waals surface area contributed by atoms with Gasteiger partial charge in [0.2, 0.25) is 5.91 Å². The molecule has 0 aromatic carbocycles. The van der Waals surface area contributed by atoms with E-state index in [0.717, 1.165) is 25.7 Å². The Morgan fingerprint density at radius 2 is 1.68 bits per heavy atom. The number of carbonyl (C=O) groups is 3. The molecular weight excluding hydrogens is 364 g/mol. The third kappa shape index (κ3) is 5.83. The van der Waals surface area contributed by atoms with Crippen LogP contribution in [0.1, 0.15) is 72.6 Å². The van der Waals surface area contributed by atoms with Crippen LogP contribution in [0.3, 0.4) is 0 Å². The number of aliphatic hydroxyl groups is 1. The lowest BCUT2D eigenvalue weighted by molar-refractivity contribution is -0.153. The number of aliphatic hydroxyl groups excluding tert-OH is 1. The van der Waals surface area contributed by atoms with E-state index in [1.54, 1.807) is 20.8 Å². The SMILES string of the molecule is COC(=O)C(O)C1(NC(=O)[C@H](CC2(C)CCCC2)NC(=O)OC(C)(C)C)CC1. The largest absolute Gasteiger partial charge is 0.467 e. The lowest BCUT2D eigenvalue weighted by Gasteiger charge is -2.31. The summed E-state index contributed by atoms with van der Waals surface area (Å²) in [6, 6.07) is -0.805. The molecule has 8 heteroatoms. The lowest BCUT2D eigenvalue weighted by atomic mass is 9.81. The number of rotatable bonds is 7. The average molecular weight is 399 g/mol. The molecule has 2 amide bonds. The Bertz CT molecular complexity index is 602. The third-order valence-electron chi connectivity index (χ3n) is 5.62. The minimum Gasteiger partial charge on any atom is -0.467 e. The maximum atomic E-state index is 13.0. The van der Waals surface area contributed by atoms with E-state index in [1.807, 2.05) is 0 Å². The van der Waals surface area contributed by atoms with Gasteiger partial charge in [0, 0.05) is 0 Å². The summed E-state index contributed by atoms with van der Waals surface area (Å²) >= 11 is 0. The molecular formula is C20H34N2O6. The molecule has 2 atom stereocenters. The Balaban J connectivity index is 2.10. The maximum Gasteiger partial charge on any atom is 0.408 e. The Labute approximate surface area is 166 Å². The number of esters is 1. The first-order chi connectivity index (χ1) is 12.9. The van der Waals surface area contributed by atoms with E-state index in [-0.39, 0.29) is 5.41 Å². The minimum atomic E-state index is -1.43. The van der Waals surface area contributed by atoms with Crippen molar-refractivity contribution in [2.75, 3.05) is 7.11 Å². The maximum absolute atomic E-state index is 13.0. The fraction of sp³-hybridized carbons (Fsp3) is 0.850. The highest BCUT2D eigenvalue weighted by Gasteiger charge is 2.54. The second-order valence-electron chi connectivity index (χ2n) is 9.49. The number of hydrogen-bond donors (Lipinski definition) is 3. The molecule has 160 valence electrons. The smallest absolute Gasteiger partial charge is 0.408 e. The van der Waals surface area contributed by atoms with Crippen LogP contribution < -0.4 is 10.6 Å². The first-order valence-corrected chi connectivity index (χ1v) is 9.97. The predicted molar refractivity (Wildman–Crippen MR) is 102 cm³/mol. The van der Waals surface area contributed by atoms with Gasteiger partial charge in [-0.05, 0) is 58.3 Å². The zero-order valence-electron chi connectivity index (χ0n) is 17.6. The summed E-state index contributed by atoms with van der Waals surface area (Å²) in [6.07, 6.45) is 3.52. The standard InChI is InChI=1S/C20H34N2O6/c1-18(2,3)28-17(26)21-13(12-19(4)8-6-7-9-19)15(24)22-20(10-11-20)14(23)16(25)27-5/h13-14,23H,6-12H2,1-5H3,(H,21,26)(H,22,24)/t13-,14?/m0/s1. The van der Waals surface area contributed by atoms with Gasteiger partial charge in [-0.25, -0.2) is 9.59 Å². The van der Waals surface area contributed by atoms with Crippen molar-refractivity contribution >= 4 is 18.0 Å². The third-order valence-corrected chi connectivity index (χ3v) is 5.62. The van der Waals surface area contributed by atoms with E-state index in [1.165, 1.54) is 7.11 Å². The minimum absolute atomic E-state index is 0.0469. The van der Waals surface area contributed by atoms with E-state index in [4.69, 9.17) is 4.74 Å². The average Bonchev–Trinajstić information content (AvgIpc) is 3.24. The number of alkyl carbamates (subject to hydrolysis) is 1. The van der Waals surface area contributed by atoms with Gasteiger partial charge in [-0.1, -0.05) is 19.8 Å². The summed E-state index contributed by atoms with van der Waals surface area (Å²) in [5.41, 5.74) is -1.75. The molecule has 2 rings (SSSR count). The van der Waals surface area contributed by atoms with Gasteiger partial charge in [-0.3, -0.25) is 4.79 Å². The highest BCUT2D eigenvalue weighted by Crippen LogP contribution is 2.42. The van der Waals surface area contributed by atoms with Crippen LogP contribution in [0.2, 0.25) is 0 Å². The van der Waals surface area contributed by atoms with Gasteiger partial charge in [-0.2, -0.15) is 0 Å². The molecule has 0 radical (unpaired) electrons. The number of amides is 2. The second kappa shape index (κ2) is 8.27. The van der Waals surface area contributed by atoms with Crippen LogP contribution in [-0.4, -0.2) is 53.5 Å². The topological polar surface area (TPSA) is 114 Å². The van der Waals surface area contributed by atoms with Crippen LogP contribution in [-0.2, 0) is 19.1 Å². The van der Waals surface area contributed by atoms with Crippen molar-refractivity contribution in [3.05, 3.63) is 0 Å². The van der Waals surface area contributed by atoms with Crippen molar-refractivity contribution in [3.63, 3.8) is 0 Å². The zero-order valence-corrected chi connectivity index (χ0v) is 17.6. The second-order valence-corrected chi connectivity index (χ2v) is 9.49. The summed E-state index contributed by atoms with van der Waals surface area (Å²) in [5, 5.41) is 15.7. The molecule has 0 saturated heterocycles. The highest BCUT2D eigenvalue weighted by atomic mass is 16.6. The quantitative estimate of drug-likeness (QED) is 0.566. The van der Waals surface area contributed by atoms with Crippen LogP contribution in [0.15, 0.2) is 0 Å². The van der Waals surface area contributed by atoms with Crippen LogP contribution in [0, 0.1) is 5.41 Å². The monoisotopic (exact) mass is 398 g/mol. The van der Waals surface area contributed by atoms with Gasteiger partial charge in [-0.15, -0.1) is 0 Å². The lowest BCUT2D eigenvalue weighted by Crippen LogP contribution is -2.56. The molecule has 0 bridgehead atoms. The molecule has 0 aliphatic heterocycles. The molecule has 2 fully saturated rings. The van der Waals surface area contributed by atoms with Crippen molar-refractivity contribution in [2.45, 2.75) is 95.9 Å². The first kappa shape index (κ1) is 22.5. The Morgan fingerprint density at radius 3 is 2.14 bits per heavy atom. The number of hydrogen-bond acceptors (Lipinski definition) is 6. The van der Waals surface area contributed by atoms with Crippen molar-refractivity contribution in [1.82, 2.24) is 10.6 Å². The molecule has 2 aliphatic carbocycles. The van der Waals surface area contributed by atoms with Gasteiger partial charge in [0.05, 0.1) is 12.6 Å². The van der Waals surface area contributed by atoms with Crippen molar-refractivity contribution in [2.24, 2.45) is 5.41 Å². The molecule has 28 heavy (non-hydrogen) atoms. The van der Waals surface area contributed by atoms with Crippen molar-refractivity contribution < 1.29 is 29.0 Å². The number of methoxy groups -OCH3 is 1. The van der Waals surface area contributed by atoms with E-state index in [9.17, 15) is 19.5 Å². The highest BCUT2D eigenvalue weighted by molar-refractivity contribution is 5.88. The van der Waals surface area contributed by atoms with Crippen molar-refractivity contribution in [1.29, 1.82) is 0 Å². The van der Waals surface area contributed by atoms with Gasteiger partial charge in [0.15, 0.2) is 6.10 Å². The predicted octanol–water partition coefficient (Wildman–Crippen LogP) is 2.03. The number of ether oxygens (including phenoxy) is 2. The molecule has 2 saturated carbocycles. The Hall–Kier alpha value is -1.83. The number of carbonyl (C=O) groups excluding carboxylic acids is 3. The molecule has 0 aromatic rings. The molecule has 3 N–H and O–H groups in total. The normalized spacial score (nSPS) is 21.9. The first-order valence-electron chi connectivity index (χ1n) is 9.97. The Morgan fingerprint density at radius 1 is 1.11 bits per heavy atom. The summed E-state index contributed by atoms with van der Waals surface area (Å²) in [6.45, 7) is 7.39. The molecule has 1 unspecified atom stereocenters. The zero-order chi connectivity index (χ0) is 21.2. The molecule has 2 aliphatic rings. The summed E-state index contributed by atoms with van der Waals surface area (Å²) in [4.78, 5) is 37.0. The summed E-state index contributed by atoms with van der Waals surface area (Å²) in [7, 11) is 1.19. The molecule has 0 aromatic heterocycles. The summed E-state index contributed by atoms with van der Waals surface area (Å²) < 4.78 is 9.90. The van der Waals surface area contributed by atoms with Gasteiger partial charge < -0.3 is 25.2 Å². The molecule has 0 spiro atoms. The fourth-order valence-corrected chi connectivity index (χ4v) is 3.86. The fourth-order valence-electron chi connectivity index (χ4n) is 3.86. The van der Waals surface area contributed by atoms with E-state index in [0.29, 0.717) is 19.3 Å². The van der Waals surface area contributed by atoms with Crippen LogP contribution in [0.4, 0.5) is 4.79 Å². The number of nitrogens with one attached hydrogen (secondary N) is 2. The van der Waals surface area contributed by atoms with E-state index in [2.05, 4.69) is 22.3 Å². The van der Waals surface area contributed by atoms with Gasteiger partial charge in [0.25, 0.3) is 0 Å². The Kier molecular flexibility index (Phi) is 6.63. The molecule has 0 heterocycles. The van der Waals surface area contributed by atoms with Crippen molar-refractivity contribution in [3.8, 4) is 0 Å². The van der Waals surface area contributed by atoms with Crippen LogP contribution in [0.25, 0.3) is 0 Å². The van der Waals surface area contributed by atoms with E-state index >= 15 is 0 Å². The van der Waals surface area contributed by atoms with Crippen LogP contribution in [0.5, 0.6) is 0 Å².